The molecule has 0 saturated carbocycles. The summed E-state index contributed by atoms with van der Waals surface area (Å²) in [5, 5.41) is 4.54. The van der Waals surface area contributed by atoms with Crippen molar-refractivity contribution < 1.29 is 4.74 Å². The Morgan fingerprint density at radius 3 is 2.72 bits per heavy atom. The van der Waals surface area contributed by atoms with Crippen molar-refractivity contribution in [2.24, 2.45) is 5.92 Å². The standard InChI is InChI=1S/C13H25N3OS/c1-6-16(4)13-15-11(9-17-5)12(18-13)8-14-7-10(2)3/h10,14H,6-9H2,1-5H3. The highest BCUT2D eigenvalue weighted by atomic mass is 32.1. The van der Waals surface area contributed by atoms with Gasteiger partial charge in [-0.3, -0.25) is 0 Å². The van der Waals surface area contributed by atoms with Gasteiger partial charge < -0.3 is 15.0 Å². The molecule has 1 aromatic heterocycles. The SMILES string of the molecule is CCN(C)c1nc(COC)c(CNCC(C)C)s1. The number of methoxy groups -OCH3 is 1. The van der Waals surface area contributed by atoms with Gasteiger partial charge in [-0.15, -0.1) is 11.3 Å². The smallest absolute Gasteiger partial charge is 0.185 e. The van der Waals surface area contributed by atoms with E-state index in [1.54, 1.807) is 18.4 Å². The van der Waals surface area contributed by atoms with Crippen LogP contribution in [0.2, 0.25) is 0 Å². The molecule has 0 atom stereocenters. The molecule has 104 valence electrons. The number of thiazole rings is 1. The second-order valence-corrected chi connectivity index (χ2v) is 5.90. The van der Waals surface area contributed by atoms with E-state index in [1.807, 2.05) is 0 Å². The van der Waals surface area contributed by atoms with E-state index in [9.17, 15) is 0 Å². The van der Waals surface area contributed by atoms with Gasteiger partial charge in [0.1, 0.15) is 0 Å². The molecule has 0 aromatic carbocycles. The van der Waals surface area contributed by atoms with Gasteiger partial charge in [-0.25, -0.2) is 4.98 Å². The summed E-state index contributed by atoms with van der Waals surface area (Å²) in [7, 11) is 3.79. The summed E-state index contributed by atoms with van der Waals surface area (Å²) in [5.74, 6) is 0.668. The van der Waals surface area contributed by atoms with Crippen LogP contribution in [0.25, 0.3) is 0 Å². The van der Waals surface area contributed by atoms with Crippen molar-refractivity contribution in [3.05, 3.63) is 10.6 Å². The molecule has 0 aliphatic rings. The highest BCUT2D eigenvalue weighted by Gasteiger charge is 2.13. The van der Waals surface area contributed by atoms with Gasteiger partial charge in [0, 0.05) is 32.1 Å². The number of ether oxygens (including phenoxy) is 1. The molecule has 0 fully saturated rings. The van der Waals surface area contributed by atoms with Crippen LogP contribution in [0.1, 0.15) is 31.3 Å². The molecule has 0 unspecified atom stereocenters. The fourth-order valence-corrected chi connectivity index (χ4v) is 2.59. The van der Waals surface area contributed by atoms with Gasteiger partial charge in [0.05, 0.1) is 12.3 Å². The first kappa shape index (κ1) is 15.4. The molecule has 18 heavy (non-hydrogen) atoms. The molecule has 1 N–H and O–H groups in total. The van der Waals surface area contributed by atoms with Crippen LogP contribution in [0.3, 0.4) is 0 Å². The third kappa shape index (κ3) is 4.55. The lowest BCUT2D eigenvalue weighted by Crippen LogP contribution is -2.19. The van der Waals surface area contributed by atoms with Gasteiger partial charge in [-0.05, 0) is 19.4 Å². The number of nitrogens with zero attached hydrogens (tertiary/aromatic N) is 2. The Balaban J connectivity index is 2.70. The average molecular weight is 271 g/mol. The maximum atomic E-state index is 5.22. The van der Waals surface area contributed by atoms with E-state index in [1.165, 1.54) is 4.88 Å². The maximum absolute atomic E-state index is 5.22. The van der Waals surface area contributed by atoms with Gasteiger partial charge in [0.15, 0.2) is 5.13 Å². The fourth-order valence-electron chi connectivity index (χ4n) is 1.53. The topological polar surface area (TPSA) is 37.4 Å². The molecule has 1 heterocycles. The van der Waals surface area contributed by atoms with E-state index in [2.05, 4.69) is 43.0 Å². The van der Waals surface area contributed by atoms with Crippen molar-refractivity contribution in [2.45, 2.75) is 33.9 Å². The van der Waals surface area contributed by atoms with E-state index in [0.717, 1.165) is 30.5 Å². The number of nitrogens with one attached hydrogen (secondary N) is 1. The minimum atomic E-state index is 0.590. The van der Waals surface area contributed by atoms with Crippen molar-refractivity contribution in [3.63, 3.8) is 0 Å². The summed E-state index contributed by atoms with van der Waals surface area (Å²) in [4.78, 5) is 8.10. The average Bonchev–Trinajstić information content (AvgIpc) is 2.72. The summed E-state index contributed by atoms with van der Waals surface area (Å²) in [5.41, 5.74) is 1.06. The lowest BCUT2D eigenvalue weighted by Gasteiger charge is -2.11. The molecular formula is C13H25N3OS. The molecule has 0 aliphatic heterocycles. The van der Waals surface area contributed by atoms with Crippen LogP contribution in [0.15, 0.2) is 0 Å². The Bertz CT molecular complexity index is 352. The molecule has 0 radical (unpaired) electrons. The predicted molar refractivity (Wildman–Crippen MR) is 78.3 cm³/mol. The van der Waals surface area contributed by atoms with E-state index < -0.39 is 0 Å². The molecular weight excluding hydrogens is 246 g/mol. The fraction of sp³-hybridized carbons (Fsp3) is 0.769. The van der Waals surface area contributed by atoms with Crippen LogP contribution in [0, 0.1) is 5.92 Å². The van der Waals surface area contributed by atoms with E-state index in [-0.39, 0.29) is 0 Å². The van der Waals surface area contributed by atoms with Crippen LogP contribution in [-0.2, 0) is 17.9 Å². The van der Waals surface area contributed by atoms with Crippen molar-refractivity contribution in [1.82, 2.24) is 10.3 Å². The van der Waals surface area contributed by atoms with Crippen molar-refractivity contribution in [2.75, 3.05) is 32.1 Å². The second kappa shape index (κ2) is 7.71. The third-order valence-electron chi connectivity index (χ3n) is 2.69. The zero-order valence-electron chi connectivity index (χ0n) is 12.1. The van der Waals surface area contributed by atoms with Crippen LogP contribution >= 0.6 is 11.3 Å². The molecule has 1 aromatic rings. The highest BCUT2D eigenvalue weighted by molar-refractivity contribution is 7.15. The summed E-state index contributed by atoms with van der Waals surface area (Å²) < 4.78 is 5.22. The van der Waals surface area contributed by atoms with Gasteiger partial charge in [-0.1, -0.05) is 13.8 Å². The Morgan fingerprint density at radius 2 is 2.17 bits per heavy atom. The first-order valence-corrected chi connectivity index (χ1v) is 7.29. The lowest BCUT2D eigenvalue weighted by molar-refractivity contribution is 0.181. The molecule has 5 heteroatoms. The Morgan fingerprint density at radius 1 is 1.44 bits per heavy atom. The van der Waals surface area contributed by atoms with Crippen LogP contribution in [0.5, 0.6) is 0 Å². The van der Waals surface area contributed by atoms with Crippen LogP contribution in [-0.4, -0.2) is 32.2 Å². The number of rotatable bonds is 8. The first-order valence-electron chi connectivity index (χ1n) is 6.47. The minimum Gasteiger partial charge on any atom is -0.378 e. The second-order valence-electron chi connectivity index (χ2n) is 4.84. The molecule has 0 spiro atoms. The molecule has 1 rings (SSSR count). The van der Waals surface area contributed by atoms with Crippen LogP contribution < -0.4 is 10.2 Å². The Kier molecular flexibility index (Phi) is 6.60. The minimum absolute atomic E-state index is 0.590. The molecule has 0 amide bonds. The zero-order chi connectivity index (χ0) is 13.5. The normalized spacial score (nSPS) is 11.2. The van der Waals surface area contributed by atoms with Gasteiger partial charge >= 0.3 is 0 Å². The quantitative estimate of drug-likeness (QED) is 0.788. The highest BCUT2D eigenvalue weighted by Crippen LogP contribution is 2.26. The van der Waals surface area contributed by atoms with E-state index in [0.29, 0.717) is 12.5 Å². The predicted octanol–water partition coefficient (Wildman–Crippen LogP) is 2.49. The van der Waals surface area contributed by atoms with Crippen molar-refractivity contribution in [3.8, 4) is 0 Å². The van der Waals surface area contributed by atoms with Gasteiger partial charge in [-0.2, -0.15) is 0 Å². The number of anilines is 1. The van der Waals surface area contributed by atoms with E-state index in [4.69, 9.17) is 4.74 Å². The number of hydrogen-bond acceptors (Lipinski definition) is 5. The monoisotopic (exact) mass is 271 g/mol. The molecule has 4 nitrogen and oxygen atoms in total. The van der Waals surface area contributed by atoms with Crippen LogP contribution in [0.4, 0.5) is 5.13 Å². The number of aromatic nitrogens is 1. The van der Waals surface area contributed by atoms with Crippen molar-refractivity contribution in [1.29, 1.82) is 0 Å². The largest absolute Gasteiger partial charge is 0.378 e. The summed E-state index contributed by atoms with van der Waals surface area (Å²) in [6.07, 6.45) is 0. The number of hydrogen-bond donors (Lipinski definition) is 1. The van der Waals surface area contributed by atoms with Gasteiger partial charge in [0.25, 0.3) is 0 Å². The zero-order valence-corrected chi connectivity index (χ0v) is 12.9. The molecule has 0 bridgehead atoms. The molecule has 0 aliphatic carbocycles. The third-order valence-corrected chi connectivity index (χ3v) is 3.90. The maximum Gasteiger partial charge on any atom is 0.185 e. The Hall–Kier alpha value is -0.650. The molecule has 0 saturated heterocycles. The Labute approximate surface area is 114 Å². The van der Waals surface area contributed by atoms with Crippen molar-refractivity contribution >= 4 is 16.5 Å². The summed E-state index contributed by atoms with van der Waals surface area (Å²) in [6.45, 7) is 10.0. The van der Waals surface area contributed by atoms with Gasteiger partial charge in [0.2, 0.25) is 0 Å². The lowest BCUT2D eigenvalue weighted by atomic mass is 10.2. The summed E-state index contributed by atoms with van der Waals surface area (Å²) >= 11 is 1.76. The van der Waals surface area contributed by atoms with E-state index >= 15 is 0 Å². The first-order chi connectivity index (χ1) is 8.58. The summed E-state index contributed by atoms with van der Waals surface area (Å²) in [6, 6.07) is 0.